The van der Waals surface area contributed by atoms with Crippen LogP contribution in [0.15, 0.2) is 12.1 Å². The Hall–Kier alpha value is -1.40. The monoisotopic (exact) mass is 277 g/mol. The average molecular weight is 277 g/mol. The van der Waals surface area contributed by atoms with Crippen LogP contribution in [-0.2, 0) is 6.42 Å². The molecule has 6 heteroatoms. The zero-order chi connectivity index (χ0) is 13.2. The van der Waals surface area contributed by atoms with Crippen LogP contribution in [0.3, 0.4) is 0 Å². The van der Waals surface area contributed by atoms with Crippen LogP contribution < -0.4 is 10.2 Å². The molecule has 0 bridgehead atoms. The summed E-state index contributed by atoms with van der Waals surface area (Å²) in [4.78, 5) is 9.40. The summed E-state index contributed by atoms with van der Waals surface area (Å²) in [5, 5.41) is 10.8. The third-order valence-electron chi connectivity index (χ3n) is 3.37. The van der Waals surface area contributed by atoms with E-state index in [9.17, 15) is 0 Å². The maximum absolute atomic E-state index is 4.63. The molecule has 3 rings (SSSR count). The number of aromatic amines is 1. The van der Waals surface area contributed by atoms with Gasteiger partial charge in [-0.05, 0) is 25.5 Å². The lowest BCUT2D eigenvalue weighted by atomic mass is 10.2. The fourth-order valence-corrected chi connectivity index (χ4v) is 3.20. The Kier molecular flexibility index (Phi) is 3.52. The van der Waals surface area contributed by atoms with E-state index < -0.39 is 0 Å². The van der Waals surface area contributed by atoms with E-state index in [1.54, 1.807) is 11.3 Å². The van der Waals surface area contributed by atoms with Crippen LogP contribution in [0.5, 0.6) is 0 Å². The molecule has 0 radical (unpaired) electrons. The highest BCUT2D eigenvalue weighted by Crippen LogP contribution is 2.26. The molecule has 0 aromatic carbocycles. The van der Waals surface area contributed by atoms with Crippen LogP contribution in [0.4, 0.5) is 5.95 Å². The van der Waals surface area contributed by atoms with Crippen molar-refractivity contribution in [1.29, 1.82) is 0 Å². The molecule has 1 saturated heterocycles. The normalized spacial score (nSPS) is 19.9. The van der Waals surface area contributed by atoms with E-state index in [1.165, 1.54) is 9.75 Å². The molecule has 1 atom stereocenters. The minimum absolute atomic E-state index is 0.490. The van der Waals surface area contributed by atoms with E-state index in [4.69, 9.17) is 0 Å². The molecule has 2 aromatic heterocycles. The molecule has 0 aliphatic carbocycles. The van der Waals surface area contributed by atoms with Gasteiger partial charge in [0.25, 0.3) is 0 Å². The smallest absolute Gasteiger partial charge is 0.245 e. The van der Waals surface area contributed by atoms with Crippen molar-refractivity contribution in [2.75, 3.05) is 24.5 Å². The zero-order valence-corrected chi connectivity index (χ0v) is 12.1. The summed E-state index contributed by atoms with van der Waals surface area (Å²) in [6.07, 6.45) is 1.07. The summed E-state index contributed by atoms with van der Waals surface area (Å²) in [5.41, 5.74) is 0. The van der Waals surface area contributed by atoms with Crippen molar-refractivity contribution in [3.8, 4) is 10.7 Å². The predicted octanol–water partition coefficient (Wildman–Crippen LogP) is 1.89. The summed E-state index contributed by atoms with van der Waals surface area (Å²) < 4.78 is 0. The van der Waals surface area contributed by atoms with Gasteiger partial charge in [-0.25, -0.2) is 0 Å². The van der Waals surface area contributed by atoms with Gasteiger partial charge in [0.05, 0.1) is 4.88 Å². The second-order valence-corrected chi connectivity index (χ2v) is 6.07. The number of nitrogens with one attached hydrogen (secondary N) is 2. The van der Waals surface area contributed by atoms with Crippen LogP contribution in [0.1, 0.15) is 18.7 Å². The molecule has 19 heavy (non-hydrogen) atoms. The van der Waals surface area contributed by atoms with E-state index in [0.29, 0.717) is 6.04 Å². The number of hydrogen-bond donors (Lipinski definition) is 2. The van der Waals surface area contributed by atoms with Crippen LogP contribution in [-0.4, -0.2) is 40.9 Å². The third kappa shape index (κ3) is 2.64. The van der Waals surface area contributed by atoms with Gasteiger partial charge in [0.15, 0.2) is 5.82 Å². The number of nitrogens with zero attached hydrogens (tertiary/aromatic N) is 3. The Morgan fingerprint density at radius 3 is 3.11 bits per heavy atom. The fourth-order valence-electron chi connectivity index (χ4n) is 2.31. The lowest BCUT2D eigenvalue weighted by Crippen LogP contribution is -2.49. The van der Waals surface area contributed by atoms with E-state index in [1.807, 2.05) is 0 Å². The highest BCUT2D eigenvalue weighted by Gasteiger charge is 2.19. The predicted molar refractivity (Wildman–Crippen MR) is 78.8 cm³/mol. The number of aromatic nitrogens is 3. The molecule has 5 nitrogen and oxygen atoms in total. The second-order valence-electron chi connectivity index (χ2n) is 4.90. The molecule has 2 N–H and O–H groups in total. The van der Waals surface area contributed by atoms with Crippen LogP contribution in [0.25, 0.3) is 10.7 Å². The fraction of sp³-hybridized carbons (Fsp3) is 0.538. The van der Waals surface area contributed by atoms with Gasteiger partial charge < -0.3 is 10.2 Å². The van der Waals surface area contributed by atoms with Crippen molar-refractivity contribution >= 4 is 17.3 Å². The van der Waals surface area contributed by atoms with Gasteiger partial charge in [-0.2, -0.15) is 4.98 Å². The van der Waals surface area contributed by atoms with Gasteiger partial charge in [0, 0.05) is 30.6 Å². The number of aryl methyl sites for hydroxylation is 1. The van der Waals surface area contributed by atoms with Gasteiger partial charge in [0.2, 0.25) is 5.95 Å². The molecule has 0 amide bonds. The first-order valence-electron chi connectivity index (χ1n) is 6.76. The van der Waals surface area contributed by atoms with Crippen LogP contribution >= 0.6 is 11.3 Å². The summed E-state index contributed by atoms with van der Waals surface area (Å²) in [6, 6.07) is 4.77. The molecule has 102 valence electrons. The molecule has 0 saturated carbocycles. The lowest BCUT2D eigenvalue weighted by molar-refractivity contribution is 0.480. The Morgan fingerprint density at radius 1 is 1.47 bits per heavy atom. The van der Waals surface area contributed by atoms with Crippen molar-refractivity contribution in [2.24, 2.45) is 0 Å². The number of thiophene rings is 1. The Morgan fingerprint density at radius 2 is 2.37 bits per heavy atom. The van der Waals surface area contributed by atoms with Crippen molar-refractivity contribution in [3.05, 3.63) is 17.0 Å². The van der Waals surface area contributed by atoms with Crippen molar-refractivity contribution in [1.82, 2.24) is 20.5 Å². The minimum atomic E-state index is 0.490. The Balaban J connectivity index is 1.78. The first-order chi connectivity index (χ1) is 9.26. The summed E-state index contributed by atoms with van der Waals surface area (Å²) in [5.74, 6) is 1.70. The highest BCUT2D eigenvalue weighted by molar-refractivity contribution is 7.15. The largest absolute Gasteiger partial charge is 0.337 e. The molecule has 0 unspecified atom stereocenters. The molecule has 2 aromatic rings. The molecule has 1 aliphatic heterocycles. The van der Waals surface area contributed by atoms with Gasteiger partial charge in [-0.15, -0.1) is 16.4 Å². The first kappa shape index (κ1) is 12.6. The van der Waals surface area contributed by atoms with Crippen LogP contribution in [0.2, 0.25) is 0 Å². The average Bonchev–Trinajstić information content (AvgIpc) is 3.07. The summed E-state index contributed by atoms with van der Waals surface area (Å²) >= 11 is 1.78. The lowest BCUT2D eigenvalue weighted by Gasteiger charge is -2.30. The molecule has 1 fully saturated rings. The molecule has 1 aliphatic rings. The van der Waals surface area contributed by atoms with Gasteiger partial charge in [0.1, 0.15) is 0 Å². The minimum Gasteiger partial charge on any atom is -0.337 e. The maximum Gasteiger partial charge on any atom is 0.245 e. The number of anilines is 1. The standard InChI is InChI=1S/C13H19N5S/c1-3-10-4-5-11(19-10)12-15-13(17-16-12)18-7-6-14-9(2)8-18/h4-5,9,14H,3,6-8H2,1-2H3,(H,15,16,17)/t9-/m1/s1. The van der Waals surface area contributed by atoms with Gasteiger partial charge in [-0.1, -0.05) is 6.92 Å². The van der Waals surface area contributed by atoms with E-state index >= 15 is 0 Å². The molecule has 3 heterocycles. The number of hydrogen-bond acceptors (Lipinski definition) is 5. The number of piperazine rings is 1. The Bertz CT molecular complexity index is 547. The van der Waals surface area contributed by atoms with Crippen molar-refractivity contribution in [3.63, 3.8) is 0 Å². The van der Waals surface area contributed by atoms with Crippen molar-refractivity contribution in [2.45, 2.75) is 26.3 Å². The molecule has 0 spiro atoms. The van der Waals surface area contributed by atoms with Gasteiger partial charge >= 0.3 is 0 Å². The van der Waals surface area contributed by atoms with Crippen LogP contribution in [0, 0.1) is 0 Å². The van der Waals surface area contributed by atoms with E-state index in [-0.39, 0.29) is 0 Å². The topological polar surface area (TPSA) is 56.8 Å². The van der Waals surface area contributed by atoms with E-state index in [0.717, 1.165) is 37.8 Å². The maximum atomic E-state index is 4.63. The second kappa shape index (κ2) is 5.30. The Labute approximate surface area is 117 Å². The first-order valence-corrected chi connectivity index (χ1v) is 7.57. The van der Waals surface area contributed by atoms with Crippen molar-refractivity contribution < 1.29 is 0 Å². The molecular weight excluding hydrogens is 258 g/mol. The van der Waals surface area contributed by atoms with Gasteiger partial charge in [-0.3, -0.25) is 5.10 Å². The summed E-state index contributed by atoms with van der Waals surface area (Å²) in [7, 11) is 0. The SMILES string of the molecule is CCc1ccc(-c2nc(N3CCN[C@H](C)C3)n[nH]2)s1. The van der Waals surface area contributed by atoms with E-state index in [2.05, 4.69) is 51.4 Å². The zero-order valence-electron chi connectivity index (χ0n) is 11.3. The number of rotatable bonds is 3. The summed E-state index contributed by atoms with van der Waals surface area (Å²) in [6.45, 7) is 7.27. The number of H-pyrrole nitrogens is 1. The third-order valence-corrected chi connectivity index (χ3v) is 4.61. The highest BCUT2D eigenvalue weighted by atomic mass is 32.1. The quantitative estimate of drug-likeness (QED) is 0.899. The molecular formula is C13H19N5S.